The van der Waals surface area contributed by atoms with E-state index >= 15 is 0 Å². The number of thiophene rings is 1. The van der Waals surface area contributed by atoms with Crippen LogP contribution >= 0.6 is 11.3 Å². The first kappa shape index (κ1) is 35.9. The maximum atomic E-state index is 5.45. The Morgan fingerprint density at radius 2 is 0.758 bits per heavy atom. The average Bonchev–Trinajstić information content (AvgIpc) is 3.90. The predicted octanol–water partition coefficient (Wildman–Crippen LogP) is 15.3. The molecule has 0 aliphatic heterocycles. The van der Waals surface area contributed by atoms with Gasteiger partial charge in [0.05, 0.1) is 16.7 Å². The summed E-state index contributed by atoms with van der Waals surface area (Å²) in [5.41, 5.74) is 12.7. The lowest BCUT2D eigenvalue weighted by molar-refractivity contribution is 1.06. The highest BCUT2D eigenvalue weighted by molar-refractivity contribution is 7.25. The van der Waals surface area contributed by atoms with Gasteiger partial charge in [0.1, 0.15) is 0 Å². The van der Waals surface area contributed by atoms with Gasteiger partial charge in [-0.1, -0.05) is 158 Å². The van der Waals surface area contributed by atoms with Crippen molar-refractivity contribution in [2.24, 2.45) is 0 Å². The lowest BCUT2D eigenvalue weighted by Gasteiger charge is -2.17. The molecule has 5 heteroatoms. The Morgan fingerprint density at radius 1 is 0.290 bits per heavy atom. The SMILES string of the molecule is c1ccc(-c2cc(-c3ccc4sc5ccccc5c4c3)cc(-c3nc(-c4ccccc4)nc(-c4ccc(-c5ccccc5)cc4-n4c5ccccc5c5ccccc54)n3)c2)cc1. The van der Waals surface area contributed by atoms with Gasteiger partial charge in [0, 0.05) is 47.6 Å². The summed E-state index contributed by atoms with van der Waals surface area (Å²) < 4.78 is 4.94. The standard InChI is InChI=1S/C57H36N4S/c1-4-16-37(17-5-1)41-28-30-48(52(36-41)61-50-25-13-10-22-45(50)46-23-11-14-26-51(46)61)57-59-55(39-20-8-3-9-21-39)58-56(60-57)44-33-42(38-18-6-2-7-19-38)32-43(34-44)40-29-31-54-49(35-40)47-24-12-15-27-53(47)62-54/h1-36H. The van der Waals surface area contributed by atoms with E-state index in [-0.39, 0.29) is 0 Å². The molecule has 62 heavy (non-hydrogen) atoms. The molecule has 290 valence electrons. The van der Waals surface area contributed by atoms with Crippen molar-refractivity contribution in [2.75, 3.05) is 0 Å². The van der Waals surface area contributed by atoms with Crippen molar-refractivity contribution >= 4 is 53.3 Å². The smallest absolute Gasteiger partial charge is 0.166 e. The molecule has 12 rings (SSSR count). The van der Waals surface area contributed by atoms with Crippen molar-refractivity contribution in [3.05, 3.63) is 218 Å². The topological polar surface area (TPSA) is 43.6 Å². The highest BCUT2D eigenvalue weighted by Crippen LogP contribution is 2.41. The summed E-state index contributed by atoms with van der Waals surface area (Å²) in [6, 6.07) is 77.6. The van der Waals surface area contributed by atoms with Gasteiger partial charge in [0.25, 0.3) is 0 Å². The molecule has 0 radical (unpaired) electrons. The number of benzene rings is 9. The molecule has 9 aromatic carbocycles. The summed E-state index contributed by atoms with van der Waals surface area (Å²) in [7, 11) is 0. The summed E-state index contributed by atoms with van der Waals surface area (Å²) in [6.07, 6.45) is 0. The minimum atomic E-state index is 0.600. The first-order valence-corrected chi connectivity index (χ1v) is 21.7. The number of fused-ring (bicyclic) bond motifs is 6. The second-order valence-electron chi connectivity index (χ2n) is 15.6. The molecule has 0 amide bonds. The molecule has 4 nitrogen and oxygen atoms in total. The van der Waals surface area contributed by atoms with Crippen LogP contribution in [0.25, 0.3) is 115 Å². The molecular formula is C57H36N4S. The molecule has 0 saturated heterocycles. The summed E-state index contributed by atoms with van der Waals surface area (Å²) in [6.45, 7) is 0. The van der Waals surface area contributed by atoms with Gasteiger partial charge in [0.2, 0.25) is 0 Å². The lowest BCUT2D eigenvalue weighted by atomic mass is 9.95. The summed E-state index contributed by atoms with van der Waals surface area (Å²) in [5.74, 6) is 1.82. The Kier molecular flexibility index (Phi) is 8.65. The molecule has 3 aromatic heterocycles. The van der Waals surface area contributed by atoms with E-state index in [9.17, 15) is 0 Å². The van der Waals surface area contributed by atoms with Crippen molar-refractivity contribution in [3.63, 3.8) is 0 Å². The number of para-hydroxylation sites is 2. The minimum absolute atomic E-state index is 0.600. The first-order valence-electron chi connectivity index (χ1n) is 20.8. The van der Waals surface area contributed by atoms with Gasteiger partial charge in [-0.05, 0) is 94.0 Å². The fourth-order valence-electron chi connectivity index (χ4n) is 8.87. The molecule has 0 unspecified atom stereocenters. The molecule has 0 aliphatic rings. The van der Waals surface area contributed by atoms with E-state index < -0.39 is 0 Å². The van der Waals surface area contributed by atoms with E-state index in [1.54, 1.807) is 0 Å². The lowest BCUT2D eigenvalue weighted by Crippen LogP contribution is -2.04. The zero-order valence-electron chi connectivity index (χ0n) is 33.5. The van der Waals surface area contributed by atoms with E-state index in [2.05, 4.69) is 205 Å². The second kappa shape index (κ2) is 14.9. The van der Waals surface area contributed by atoms with Crippen LogP contribution in [0.5, 0.6) is 0 Å². The van der Waals surface area contributed by atoms with Crippen LogP contribution < -0.4 is 0 Å². The number of nitrogens with zero attached hydrogens (tertiary/aromatic N) is 4. The van der Waals surface area contributed by atoms with E-state index in [4.69, 9.17) is 15.0 Å². The van der Waals surface area contributed by atoms with Crippen LogP contribution in [0, 0.1) is 0 Å². The second-order valence-corrected chi connectivity index (χ2v) is 16.7. The predicted molar refractivity (Wildman–Crippen MR) is 260 cm³/mol. The van der Waals surface area contributed by atoms with Crippen LogP contribution in [-0.4, -0.2) is 19.5 Å². The Hall–Kier alpha value is -7.99. The zero-order valence-corrected chi connectivity index (χ0v) is 34.3. The zero-order chi connectivity index (χ0) is 41.0. The highest BCUT2D eigenvalue weighted by atomic mass is 32.1. The van der Waals surface area contributed by atoms with Crippen LogP contribution in [-0.2, 0) is 0 Å². The average molecular weight is 809 g/mol. The molecule has 0 bridgehead atoms. The summed E-state index contributed by atoms with van der Waals surface area (Å²) in [4.78, 5) is 16.0. The highest BCUT2D eigenvalue weighted by Gasteiger charge is 2.21. The third kappa shape index (κ3) is 6.26. The molecular weight excluding hydrogens is 773 g/mol. The van der Waals surface area contributed by atoms with Crippen molar-refractivity contribution in [1.29, 1.82) is 0 Å². The van der Waals surface area contributed by atoms with Crippen LogP contribution in [0.1, 0.15) is 0 Å². The van der Waals surface area contributed by atoms with Crippen LogP contribution in [0.4, 0.5) is 0 Å². The maximum Gasteiger partial charge on any atom is 0.166 e. The van der Waals surface area contributed by atoms with Gasteiger partial charge in [-0.2, -0.15) is 0 Å². The Balaban J connectivity index is 1.12. The molecule has 0 aliphatic carbocycles. The van der Waals surface area contributed by atoms with Crippen LogP contribution in [0.15, 0.2) is 218 Å². The number of aromatic nitrogens is 4. The fraction of sp³-hybridized carbons (Fsp3) is 0. The monoisotopic (exact) mass is 808 g/mol. The van der Waals surface area contributed by atoms with Crippen molar-refractivity contribution in [1.82, 2.24) is 19.5 Å². The minimum Gasteiger partial charge on any atom is -0.308 e. The largest absolute Gasteiger partial charge is 0.308 e. The molecule has 0 saturated carbocycles. The quantitative estimate of drug-likeness (QED) is 0.161. The third-order valence-electron chi connectivity index (χ3n) is 11.8. The molecule has 0 spiro atoms. The van der Waals surface area contributed by atoms with E-state index in [1.807, 2.05) is 29.5 Å². The first-order chi connectivity index (χ1) is 30.7. The van der Waals surface area contributed by atoms with Crippen molar-refractivity contribution in [2.45, 2.75) is 0 Å². The van der Waals surface area contributed by atoms with Crippen LogP contribution in [0.3, 0.4) is 0 Å². The van der Waals surface area contributed by atoms with Gasteiger partial charge >= 0.3 is 0 Å². The molecule has 12 aromatic rings. The summed E-state index contributed by atoms with van der Waals surface area (Å²) >= 11 is 1.84. The fourth-order valence-corrected chi connectivity index (χ4v) is 9.95. The number of rotatable bonds is 7. The molecule has 3 heterocycles. The van der Waals surface area contributed by atoms with E-state index in [1.165, 1.54) is 30.9 Å². The van der Waals surface area contributed by atoms with Gasteiger partial charge in [-0.3, -0.25) is 0 Å². The normalized spacial score (nSPS) is 11.5. The molecule has 0 fully saturated rings. The van der Waals surface area contributed by atoms with Gasteiger partial charge in [-0.15, -0.1) is 11.3 Å². The van der Waals surface area contributed by atoms with Crippen LogP contribution in [0.2, 0.25) is 0 Å². The Morgan fingerprint density at radius 3 is 1.44 bits per heavy atom. The maximum absolute atomic E-state index is 5.45. The molecule has 0 N–H and O–H groups in total. The number of hydrogen-bond acceptors (Lipinski definition) is 4. The van der Waals surface area contributed by atoms with E-state index in [0.29, 0.717) is 17.5 Å². The van der Waals surface area contributed by atoms with E-state index in [0.717, 1.165) is 66.8 Å². The number of hydrogen-bond donors (Lipinski definition) is 0. The summed E-state index contributed by atoms with van der Waals surface area (Å²) in [5, 5.41) is 4.93. The van der Waals surface area contributed by atoms with Gasteiger partial charge in [-0.25, -0.2) is 15.0 Å². The van der Waals surface area contributed by atoms with Crippen molar-refractivity contribution < 1.29 is 0 Å². The Bertz CT molecular complexity index is 3580. The molecule has 0 atom stereocenters. The van der Waals surface area contributed by atoms with Gasteiger partial charge < -0.3 is 4.57 Å². The Labute approximate surface area is 362 Å². The van der Waals surface area contributed by atoms with Crippen molar-refractivity contribution in [3.8, 4) is 73.2 Å². The van der Waals surface area contributed by atoms with Gasteiger partial charge in [0.15, 0.2) is 17.5 Å². The third-order valence-corrected chi connectivity index (χ3v) is 13.0.